The largest absolute Gasteiger partial charge is 0.477 e. The third-order valence-corrected chi connectivity index (χ3v) is 5.36. The number of aromatic nitrogens is 1. The van der Waals surface area contributed by atoms with Gasteiger partial charge in [0, 0.05) is 22.6 Å². The van der Waals surface area contributed by atoms with Crippen LogP contribution in [0.25, 0.3) is 0 Å². The molecule has 0 atom stereocenters. The maximum absolute atomic E-state index is 11.6. The van der Waals surface area contributed by atoms with E-state index in [1.54, 1.807) is 20.0 Å². The van der Waals surface area contributed by atoms with E-state index in [2.05, 4.69) is 0 Å². The number of nitrogens with zero attached hydrogens (tertiary/aromatic N) is 1. The van der Waals surface area contributed by atoms with E-state index < -0.39 is 20.6 Å². The summed E-state index contributed by atoms with van der Waals surface area (Å²) in [4.78, 5) is 11.0. The predicted molar refractivity (Wildman–Crippen MR) is 73.0 cm³/mol. The van der Waals surface area contributed by atoms with Crippen molar-refractivity contribution in [3.05, 3.63) is 21.5 Å². The lowest BCUT2D eigenvalue weighted by Crippen LogP contribution is -2.36. The van der Waals surface area contributed by atoms with Crippen molar-refractivity contribution in [2.75, 3.05) is 6.26 Å². The fraction of sp³-hybridized carbons (Fsp3) is 0.500. The minimum Gasteiger partial charge on any atom is -0.477 e. The zero-order chi connectivity index (χ0) is 13.4. The van der Waals surface area contributed by atoms with E-state index in [1.807, 2.05) is 22.6 Å². The average Bonchev–Trinajstić information content (AvgIpc) is 2.43. The lowest BCUT2D eigenvalue weighted by atomic mass is 10.2. The molecule has 0 saturated carbocycles. The minimum absolute atomic E-state index is 0.103. The lowest BCUT2D eigenvalue weighted by Gasteiger charge is -2.23. The molecule has 1 heterocycles. The normalized spacial score (nSPS) is 12.7. The minimum atomic E-state index is -3.25. The molecule has 5 nitrogen and oxygen atoms in total. The number of carboxylic acid groups (broad SMARTS) is 1. The molecule has 0 radical (unpaired) electrons. The molecule has 17 heavy (non-hydrogen) atoms. The van der Waals surface area contributed by atoms with Gasteiger partial charge in [-0.3, -0.25) is 0 Å². The summed E-state index contributed by atoms with van der Waals surface area (Å²) in [6.45, 7) is 3.29. The number of carboxylic acids is 1. The van der Waals surface area contributed by atoms with Crippen LogP contribution in [0.2, 0.25) is 0 Å². The van der Waals surface area contributed by atoms with Crippen molar-refractivity contribution in [3.8, 4) is 0 Å². The summed E-state index contributed by atoms with van der Waals surface area (Å²) in [6, 6.07) is 1.52. The van der Waals surface area contributed by atoms with Crippen LogP contribution >= 0.6 is 22.6 Å². The molecule has 0 amide bonds. The topological polar surface area (TPSA) is 76.4 Å². The Morgan fingerprint density at radius 2 is 2.06 bits per heavy atom. The molecule has 0 spiro atoms. The van der Waals surface area contributed by atoms with E-state index in [-0.39, 0.29) is 12.2 Å². The Balaban J connectivity index is 3.16. The van der Waals surface area contributed by atoms with Crippen molar-refractivity contribution in [2.24, 2.45) is 0 Å². The molecule has 1 rings (SSSR count). The molecule has 0 aliphatic rings. The Morgan fingerprint density at radius 1 is 1.53 bits per heavy atom. The second-order valence-electron chi connectivity index (χ2n) is 4.51. The first kappa shape index (κ1) is 14.5. The molecular weight excluding hydrogens is 357 g/mol. The van der Waals surface area contributed by atoms with Crippen LogP contribution in [0.3, 0.4) is 0 Å². The Kier molecular flexibility index (Phi) is 3.92. The van der Waals surface area contributed by atoms with Crippen LogP contribution < -0.4 is 0 Å². The summed E-state index contributed by atoms with van der Waals surface area (Å²) >= 11 is 2.00. The second-order valence-corrected chi connectivity index (χ2v) is 8.40. The Labute approximate surface area is 114 Å². The van der Waals surface area contributed by atoms with Gasteiger partial charge in [-0.1, -0.05) is 0 Å². The standard InChI is InChI=1S/C10H14INO4S/c1-10(2,17(3,15)16)6-12-5-7(11)4-8(12)9(13)14/h4-5H,6H2,1-3H3,(H,13,14). The van der Waals surface area contributed by atoms with Crippen molar-refractivity contribution in [1.82, 2.24) is 4.57 Å². The van der Waals surface area contributed by atoms with Crippen molar-refractivity contribution >= 4 is 38.4 Å². The fourth-order valence-electron chi connectivity index (χ4n) is 1.31. The van der Waals surface area contributed by atoms with E-state index in [0.717, 1.165) is 9.83 Å². The maximum Gasteiger partial charge on any atom is 0.352 e. The molecule has 1 N–H and O–H groups in total. The van der Waals surface area contributed by atoms with E-state index >= 15 is 0 Å². The van der Waals surface area contributed by atoms with Gasteiger partial charge in [-0.25, -0.2) is 13.2 Å². The van der Waals surface area contributed by atoms with Gasteiger partial charge in [0.05, 0.1) is 4.75 Å². The number of rotatable bonds is 4. The third kappa shape index (κ3) is 3.21. The smallest absolute Gasteiger partial charge is 0.352 e. The Morgan fingerprint density at radius 3 is 2.47 bits per heavy atom. The summed E-state index contributed by atoms with van der Waals surface area (Å²) in [5.74, 6) is -1.06. The molecule has 7 heteroatoms. The van der Waals surface area contributed by atoms with Gasteiger partial charge in [-0.2, -0.15) is 0 Å². The highest BCUT2D eigenvalue weighted by Crippen LogP contribution is 2.21. The Bertz CT molecular complexity index is 545. The molecule has 1 aromatic heterocycles. The third-order valence-electron chi connectivity index (χ3n) is 2.64. The van der Waals surface area contributed by atoms with E-state index in [9.17, 15) is 13.2 Å². The number of halogens is 1. The highest BCUT2D eigenvalue weighted by Gasteiger charge is 2.31. The SMILES string of the molecule is CC(C)(Cn1cc(I)cc1C(=O)O)S(C)(=O)=O. The van der Waals surface area contributed by atoms with Crippen LogP contribution in [-0.2, 0) is 16.4 Å². The van der Waals surface area contributed by atoms with Crippen LogP contribution in [0.4, 0.5) is 0 Å². The molecule has 0 bridgehead atoms. The number of hydrogen-bond acceptors (Lipinski definition) is 3. The van der Waals surface area contributed by atoms with Crippen LogP contribution in [0.5, 0.6) is 0 Å². The number of carbonyl (C=O) groups is 1. The van der Waals surface area contributed by atoms with Crippen molar-refractivity contribution in [1.29, 1.82) is 0 Å². The van der Waals surface area contributed by atoms with Crippen LogP contribution in [0, 0.1) is 3.57 Å². The first-order chi connectivity index (χ1) is 7.54. The van der Waals surface area contributed by atoms with Gasteiger partial charge in [0.2, 0.25) is 0 Å². The number of hydrogen-bond donors (Lipinski definition) is 1. The van der Waals surface area contributed by atoms with E-state index in [1.165, 1.54) is 10.6 Å². The second kappa shape index (κ2) is 4.60. The Hall–Kier alpha value is -0.570. The summed E-state index contributed by atoms with van der Waals surface area (Å²) in [7, 11) is -3.25. The van der Waals surface area contributed by atoms with Crippen molar-refractivity contribution in [3.63, 3.8) is 0 Å². The summed E-state index contributed by atoms with van der Waals surface area (Å²) in [5.41, 5.74) is 0.103. The summed E-state index contributed by atoms with van der Waals surface area (Å²) in [5, 5.41) is 9.01. The van der Waals surface area contributed by atoms with E-state index in [0.29, 0.717) is 0 Å². The van der Waals surface area contributed by atoms with Crippen LogP contribution in [0.15, 0.2) is 12.3 Å². The lowest BCUT2D eigenvalue weighted by molar-refractivity contribution is 0.0684. The van der Waals surface area contributed by atoms with Gasteiger partial charge in [-0.05, 0) is 42.5 Å². The van der Waals surface area contributed by atoms with Gasteiger partial charge < -0.3 is 9.67 Å². The monoisotopic (exact) mass is 371 g/mol. The van der Waals surface area contributed by atoms with Crippen LogP contribution in [-0.4, -0.2) is 35.1 Å². The number of sulfone groups is 1. The fourth-order valence-corrected chi connectivity index (χ4v) is 2.32. The highest BCUT2D eigenvalue weighted by molar-refractivity contribution is 14.1. The summed E-state index contributed by atoms with van der Waals surface area (Å²) in [6.07, 6.45) is 2.79. The number of aromatic carboxylic acids is 1. The predicted octanol–water partition coefficient (Wildman–Crippen LogP) is 1.61. The van der Waals surface area contributed by atoms with E-state index in [4.69, 9.17) is 5.11 Å². The van der Waals surface area contributed by atoms with Gasteiger partial charge in [0.15, 0.2) is 9.84 Å². The molecule has 0 fully saturated rings. The zero-order valence-electron chi connectivity index (χ0n) is 9.77. The molecule has 0 saturated heterocycles. The van der Waals surface area contributed by atoms with Crippen molar-refractivity contribution in [2.45, 2.75) is 25.1 Å². The molecule has 0 aliphatic carbocycles. The van der Waals surface area contributed by atoms with Gasteiger partial charge >= 0.3 is 5.97 Å². The highest BCUT2D eigenvalue weighted by atomic mass is 127. The first-order valence-electron chi connectivity index (χ1n) is 4.83. The molecule has 0 aliphatic heterocycles. The summed E-state index contributed by atoms with van der Waals surface area (Å²) < 4.78 is 24.4. The average molecular weight is 371 g/mol. The van der Waals surface area contributed by atoms with Crippen LogP contribution in [0.1, 0.15) is 24.3 Å². The first-order valence-corrected chi connectivity index (χ1v) is 7.80. The van der Waals surface area contributed by atoms with Gasteiger partial charge in [0.1, 0.15) is 5.69 Å². The zero-order valence-corrected chi connectivity index (χ0v) is 12.7. The molecule has 0 aromatic carbocycles. The molecular formula is C10H14INO4S. The van der Waals surface area contributed by atoms with Crippen molar-refractivity contribution < 1.29 is 18.3 Å². The maximum atomic E-state index is 11.6. The molecule has 0 unspecified atom stereocenters. The van der Waals surface area contributed by atoms with Gasteiger partial charge in [-0.15, -0.1) is 0 Å². The molecule has 96 valence electrons. The van der Waals surface area contributed by atoms with Gasteiger partial charge in [0.25, 0.3) is 0 Å². The molecule has 1 aromatic rings. The quantitative estimate of drug-likeness (QED) is 0.816.